The highest BCUT2D eigenvalue weighted by Gasteiger charge is 2.39. The summed E-state index contributed by atoms with van der Waals surface area (Å²) in [6.07, 6.45) is 9.02. The van der Waals surface area contributed by atoms with Crippen molar-refractivity contribution in [2.75, 3.05) is 18.8 Å². The monoisotopic (exact) mass is 506 g/mol. The Morgan fingerprint density at radius 1 is 1.09 bits per heavy atom. The van der Waals surface area contributed by atoms with Crippen LogP contribution in [0.15, 0.2) is 48.1 Å². The van der Waals surface area contributed by atoms with E-state index in [0.29, 0.717) is 17.8 Å². The number of piperidine rings is 1. The lowest BCUT2D eigenvalue weighted by Crippen LogP contribution is -2.35. The van der Waals surface area contributed by atoms with Gasteiger partial charge in [0.05, 0.1) is 5.39 Å². The van der Waals surface area contributed by atoms with E-state index in [1.165, 1.54) is 44.3 Å². The second kappa shape index (κ2) is 9.52. The summed E-state index contributed by atoms with van der Waals surface area (Å²) in [5.74, 6) is 2.52. The van der Waals surface area contributed by atoms with Crippen molar-refractivity contribution in [2.24, 2.45) is 17.8 Å². The largest absolute Gasteiger partial charge is 0.383 e. The minimum atomic E-state index is 0.202. The molecule has 1 aliphatic carbocycles. The van der Waals surface area contributed by atoms with Crippen LogP contribution in [0.4, 0.5) is 5.82 Å². The smallest absolute Gasteiger partial charge is 0.226 e. The van der Waals surface area contributed by atoms with Gasteiger partial charge in [-0.2, -0.15) is 4.98 Å². The zero-order valence-corrected chi connectivity index (χ0v) is 21.6. The molecule has 8 heteroatoms. The Morgan fingerprint density at radius 2 is 1.89 bits per heavy atom. The highest BCUT2D eigenvalue weighted by Crippen LogP contribution is 2.48. The second-order valence-corrected chi connectivity index (χ2v) is 11.5. The highest BCUT2D eigenvalue weighted by atomic mass is 35.5. The van der Waals surface area contributed by atoms with Gasteiger partial charge in [-0.1, -0.05) is 37.3 Å². The molecule has 2 fully saturated rings. The van der Waals surface area contributed by atoms with Gasteiger partial charge in [0.25, 0.3) is 0 Å². The lowest BCUT2D eigenvalue weighted by molar-refractivity contribution is 0.140. The summed E-state index contributed by atoms with van der Waals surface area (Å²) in [6.45, 7) is 5.83. The first-order valence-corrected chi connectivity index (χ1v) is 13.8. The molecule has 182 valence electrons. The quantitative estimate of drug-likeness (QED) is 0.322. The SMILES string of the molecule is CC1CC(C2CCN(Cc3ccccc3)CC2)CC1n1cc(-c2nccs2)c2c(N)nc(Cl)nc21. The van der Waals surface area contributed by atoms with Crippen LogP contribution in [-0.2, 0) is 6.54 Å². The van der Waals surface area contributed by atoms with E-state index >= 15 is 0 Å². The van der Waals surface area contributed by atoms with Crippen molar-refractivity contribution in [3.05, 3.63) is 59.0 Å². The highest BCUT2D eigenvalue weighted by molar-refractivity contribution is 7.13. The fraction of sp³-hybridized carbons (Fsp3) is 0.444. The number of anilines is 1. The maximum atomic E-state index is 6.35. The molecule has 1 aromatic carbocycles. The number of fused-ring (bicyclic) bond motifs is 1. The van der Waals surface area contributed by atoms with Crippen LogP contribution in [0.25, 0.3) is 21.6 Å². The van der Waals surface area contributed by atoms with E-state index in [9.17, 15) is 0 Å². The second-order valence-electron chi connectivity index (χ2n) is 10.2. The Balaban J connectivity index is 1.21. The molecule has 6 rings (SSSR count). The molecule has 1 saturated heterocycles. The Kier molecular flexibility index (Phi) is 6.25. The van der Waals surface area contributed by atoms with Gasteiger partial charge in [0, 0.05) is 35.9 Å². The maximum Gasteiger partial charge on any atom is 0.226 e. The van der Waals surface area contributed by atoms with Crippen molar-refractivity contribution in [1.82, 2.24) is 24.4 Å². The summed E-state index contributed by atoms with van der Waals surface area (Å²) in [5.41, 5.74) is 9.60. The van der Waals surface area contributed by atoms with Crippen molar-refractivity contribution in [3.63, 3.8) is 0 Å². The molecule has 0 radical (unpaired) electrons. The number of likely N-dealkylation sites (tertiary alicyclic amines) is 1. The number of thiazole rings is 1. The van der Waals surface area contributed by atoms with Crippen molar-refractivity contribution in [3.8, 4) is 10.6 Å². The number of halogens is 1. The molecule has 0 amide bonds. The van der Waals surface area contributed by atoms with Crippen LogP contribution in [0.1, 0.15) is 44.2 Å². The summed E-state index contributed by atoms with van der Waals surface area (Å²) in [7, 11) is 0. The molecule has 3 atom stereocenters. The number of rotatable bonds is 5. The van der Waals surface area contributed by atoms with E-state index in [1.807, 2.05) is 11.6 Å². The summed E-state index contributed by atoms with van der Waals surface area (Å²) in [4.78, 5) is 16.0. The molecule has 2 N–H and O–H groups in total. The molecule has 3 unspecified atom stereocenters. The van der Waals surface area contributed by atoms with E-state index in [0.717, 1.165) is 40.0 Å². The molecule has 0 spiro atoms. The molecule has 35 heavy (non-hydrogen) atoms. The summed E-state index contributed by atoms with van der Waals surface area (Å²) in [5, 5.41) is 4.01. The molecular formula is C27H31ClN6S. The van der Waals surface area contributed by atoms with E-state index in [2.05, 4.69) is 67.9 Å². The Morgan fingerprint density at radius 3 is 2.63 bits per heavy atom. The molecule has 2 aliphatic rings. The first kappa shape index (κ1) is 23.0. The third-order valence-corrected chi connectivity index (χ3v) is 9.09. The number of hydrogen-bond donors (Lipinski definition) is 1. The Bertz CT molecular complexity index is 1300. The fourth-order valence-electron chi connectivity index (χ4n) is 6.39. The van der Waals surface area contributed by atoms with Gasteiger partial charge in [-0.25, -0.2) is 9.97 Å². The lowest BCUT2D eigenvalue weighted by Gasteiger charge is -2.35. The number of aromatic nitrogens is 4. The third kappa shape index (κ3) is 4.46. The van der Waals surface area contributed by atoms with Crippen molar-refractivity contribution >= 4 is 39.8 Å². The number of nitrogens with two attached hydrogens (primary N) is 1. The topological polar surface area (TPSA) is 72.9 Å². The summed E-state index contributed by atoms with van der Waals surface area (Å²) < 4.78 is 2.32. The van der Waals surface area contributed by atoms with E-state index in [4.69, 9.17) is 17.3 Å². The minimum Gasteiger partial charge on any atom is -0.383 e. The fourth-order valence-corrected chi connectivity index (χ4v) is 7.21. The van der Waals surface area contributed by atoms with Gasteiger partial charge in [0.2, 0.25) is 5.28 Å². The Hall–Kier alpha value is -2.48. The molecule has 1 aliphatic heterocycles. The van der Waals surface area contributed by atoms with Gasteiger partial charge >= 0.3 is 0 Å². The standard InChI is InChI=1S/C27H31ClN6S/c1-17-13-20(19-7-10-33(11-8-19)15-18-5-3-2-4-6-18)14-22(17)34-16-21(26-30-9-12-35-26)23-24(29)31-27(28)32-25(23)34/h2-6,9,12,16-17,19-20,22H,7-8,10-11,13-15H2,1H3,(H2,29,31,32). The minimum absolute atomic E-state index is 0.202. The predicted molar refractivity (Wildman–Crippen MR) is 143 cm³/mol. The third-order valence-electron chi connectivity index (χ3n) is 8.12. The zero-order chi connectivity index (χ0) is 23.9. The van der Waals surface area contributed by atoms with Crippen LogP contribution in [0, 0.1) is 17.8 Å². The molecule has 0 bridgehead atoms. The van der Waals surface area contributed by atoms with Crippen LogP contribution in [0.2, 0.25) is 5.28 Å². The van der Waals surface area contributed by atoms with Gasteiger partial charge < -0.3 is 10.3 Å². The van der Waals surface area contributed by atoms with Crippen molar-refractivity contribution < 1.29 is 0 Å². The van der Waals surface area contributed by atoms with Gasteiger partial charge in [0.15, 0.2) is 0 Å². The van der Waals surface area contributed by atoms with E-state index in [-0.39, 0.29) is 5.28 Å². The number of nitrogen functional groups attached to an aromatic ring is 1. The molecule has 1 saturated carbocycles. The molecule has 3 aromatic heterocycles. The number of hydrogen-bond acceptors (Lipinski definition) is 6. The van der Waals surface area contributed by atoms with E-state index in [1.54, 1.807) is 11.3 Å². The van der Waals surface area contributed by atoms with E-state index < -0.39 is 0 Å². The van der Waals surface area contributed by atoms with Crippen molar-refractivity contribution in [2.45, 2.75) is 45.2 Å². The Labute approximate surface area is 215 Å². The first-order chi connectivity index (χ1) is 17.1. The van der Waals surface area contributed by atoms with Crippen LogP contribution >= 0.6 is 22.9 Å². The maximum absolute atomic E-state index is 6.35. The van der Waals surface area contributed by atoms with Gasteiger partial charge in [-0.3, -0.25) is 4.90 Å². The normalized spacial score (nSPS) is 23.9. The van der Waals surface area contributed by atoms with Crippen molar-refractivity contribution in [1.29, 1.82) is 0 Å². The average molecular weight is 507 g/mol. The molecule has 4 aromatic rings. The lowest BCUT2D eigenvalue weighted by atomic mass is 9.82. The van der Waals surface area contributed by atoms with Crippen LogP contribution in [0.3, 0.4) is 0 Å². The zero-order valence-electron chi connectivity index (χ0n) is 20.0. The molecule has 6 nitrogen and oxygen atoms in total. The van der Waals surface area contributed by atoms with Crippen LogP contribution < -0.4 is 5.73 Å². The molecular weight excluding hydrogens is 476 g/mol. The first-order valence-electron chi connectivity index (χ1n) is 12.6. The average Bonchev–Trinajstić information content (AvgIpc) is 3.59. The predicted octanol–water partition coefficient (Wildman–Crippen LogP) is 6.29. The summed E-state index contributed by atoms with van der Waals surface area (Å²) in [6, 6.07) is 11.2. The van der Waals surface area contributed by atoms with Gasteiger partial charge in [-0.15, -0.1) is 11.3 Å². The van der Waals surface area contributed by atoms with Crippen LogP contribution in [0.5, 0.6) is 0 Å². The number of benzene rings is 1. The number of nitrogens with zero attached hydrogens (tertiary/aromatic N) is 5. The van der Waals surface area contributed by atoms with Gasteiger partial charge in [0.1, 0.15) is 16.5 Å². The summed E-state index contributed by atoms with van der Waals surface area (Å²) >= 11 is 7.87. The van der Waals surface area contributed by atoms with Crippen LogP contribution in [-0.4, -0.2) is 37.5 Å². The van der Waals surface area contributed by atoms with Gasteiger partial charge in [-0.05, 0) is 73.7 Å². The molecule has 4 heterocycles.